The average molecular weight is 262 g/mol. The lowest BCUT2D eigenvalue weighted by molar-refractivity contribution is -0.120. The molecule has 6 heteroatoms. The van der Waals surface area contributed by atoms with Crippen molar-refractivity contribution in [3.63, 3.8) is 0 Å². The van der Waals surface area contributed by atoms with Crippen LogP contribution in [-0.2, 0) is 4.79 Å². The van der Waals surface area contributed by atoms with E-state index in [2.05, 4.69) is 20.5 Å². The molecule has 0 aromatic heterocycles. The topological polar surface area (TPSA) is 66.2 Å². The van der Waals surface area contributed by atoms with Crippen LogP contribution in [0, 0.1) is 5.92 Å². The number of nitrogens with one attached hydrogen (secondary N) is 1. The maximum absolute atomic E-state index is 11.1. The van der Waals surface area contributed by atoms with Gasteiger partial charge in [-0.05, 0) is 22.6 Å². The first-order valence-corrected chi connectivity index (χ1v) is 4.01. The SMILES string of the molecule is O=C1NC=NC2=NN=C(I)C12. The Labute approximate surface area is 75.8 Å². The summed E-state index contributed by atoms with van der Waals surface area (Å²) in [4.78, 5) is 15.0. The molecule has 2 aliphatic rings. The maximum atomic E-state index is 11.1. The van der Waals surface area contributed by atoms with Gasteiger partial charge in [0.15, 0.2) is 5.84 Å². The van der Waals surface area contributed by atoms with Gasteiger partial charge in [-0.25, -0.2) is 4.99 Å². The van der Waals surface area contributed by atoms with Crippen molar-refractivity contribution in [2.24, 2.45) is 21.1 Å². The molecule has 0 bridgehead atoms. The summed E-state index contributed by atoms with van der Waals surface area (Å²) in [5, 5.41) is 9.96. The summed E-state index contributed by atoms with van der Waals surface area (Å²) < 4.78 is 0.673. The van der Waals surface area contributed by atoms with Crippen LogP contribution in [-0.4, -0.2) is 21.8 Å². The predicted molar refractivity (Wildman–Crippen MR) is 49.0 cm³/mol. The minimum absolute atomic E-state index is 0.107. The summed E-state index contributed by atoms with van der Waals surface area (Å²) in [5.74, 6) is 0.0168. The number of hydrogen-bond donors (Lipinski definition) is 1. The van der Waals surface area contributed by atoms with Crippen LogP contribution in [0.25, 0.3) is 0 Å². The number of rotatable bonds is 0. The van der Waals surface area contributed by atoms with Crippen LogP contribution in [0.4, 0.5) is 0 Å². The molecule has 0 fully saturated rings. The number of aliphatic imine (C=N–C) groups is 1. The van der Waals surface area contributed by atoms with Crippen molar-refractivity contribution in [3.05, 3.63) is 0 Å². The van der Waals surface area contributed by atoms with Crippen LogP contribution >= 0.6 is 22.6 Å². The highest BCUT2D eigenvalue weighted by molar-refractivity contribution is 14.1. The van der Waals surface area contributed by atoms with E-state index >= 15 is 0 Å². The van der Waals surface area contributed by atoms with E-state index in [0.29, 0.717) is 9.55 Å². The molecule has 5 nitrogen and oxygen atoms in total. The maximum Gasteiger partial charge on any atom is 0.242 e. The summed E-state index contributed by atoms with van der Waals surface area (Å²) in [5.41, 5.74) is 0. The molecule has 0 saturated carbocycles. The van der Waals surface area contributed by atoms with E-state index < -0.39 is 0 Å². The molecule has 1 amide bonds. The number of carbonyl (C=O) groups is 1. The number of hydrogen-bond acceptors (Lipinski definition) is 4. The summed E-state index contributed by atoms with van der Waals surface area (Å²) in [6, 6.07) is 0. The predicted octanol–water partition coefficient (Wildman–Crippen LogP) is -0.0787. The molecule has 0 radical (unpaired) electrons. The zero-order chi connectivity index (χ0) is 7.84. The first kappa shape index (κ1) is 6.89. The Morgan fingerprint density at radius 1 is 1.55 bits per heavy atom. The fourth-order valence-electron chi connectivity index (χ4n) is 0.892. The normalized spacial score (nSPS) is 27.4. The molecule has 0 aromatic carbocycles. The highest BCUT2D eigenvalue weighted by atomic mass is 127. The number of fused-ring (bicyclic) bond motifs is 1. The van der Waals surface area contributed by atoms with E-state index in [1.807, 2.05) is 22.6 Å². The lowest BCUT2D eigenvalue weighted by atomic mass is 10.1. The molecule has 2 aliphatic heterocycles. The fraction of sp³-hybridized carbons (Fsp3) is 0.200. The van der Waals surface area contributed by atoms with Crippen LogP contribution < -0.4 is 5.32 Å². The molecule has 0 aromatic rings. The number of amidine groups is 1. The second-order valence-electron chi connectivity index (χ2n) is 2.08. The van der Waals surface area contributed by atoms with E-state index in [1.165, 1.54) is 6.34 Å². The first-order chi connectivity index (χ1) is 5.29. The number of halogens is 1. The van der Waals surface area contributed by atoms with E-state index in [9.17, 15) is 4.79 Å². The van der Waals surface area contributed by atoms with Gasteiger partial charge in [-0.1, -0.05) is 0 Å². The standard InChI is InChI=1S/C5H3IN4O/c6-3-2-4(10-9-3)7-1-8-5(2)11/h1-2H,(H,7,8,10,11). The molecule has 1 unspecified atom stereocenters. The minimum atomic E-state index is -0.361. The molecule has 1 atom stereocenters. The van der Waals surface area contributed by atoms with Crippen LogP contribution in [0.15, 0.2) is 15.2 Å². The van der Waals surface area contributed by atoms with Gasteiger partial charge in [0.05, 0.1) is 6.34 Å². The Bertz CT molecular complexity index is 306. The van der Waals surface area contributed by atoms with Gasteiger partial charge in [0.25, 0.3) is 0 Å². The Kier molecular flexibility index (Phi) is 1.48. The highest BCUT2D eigenvalue weighted by Gasteiger charge is 2.34. The molecule has 2 heterocycles. The zero-order valence-corrected chi connectivity index (χ0v) is 7.44. The monoisotopic (exact) mass is 262 g/mol. The van der Waals surface area contributed by atoms with Crippen LogP contribution in [0.2, 0.25) is 0 Å². The van der Waals surface area contributed by atoms with Gasteiger partial charge >= 0.3 is 0 Å². The van der Waals surface area contributed by atoms with Crippen LogP contribution in [0.3, 0.4) is 0 Å². The zero-order valence-electron chi connectivity index (χ0n) is 5.28. The van der Waals surface area contributed by atoms with E-state index in [1.54, 1.807) is 0 Å². The number of carbonyl (C=O) groups excluding carboxylic acids is 1. The third kappa shape index (κ3) is 0.971. The van der Waals surface area contributed by atoms with Gasteiger partial charge in [-0.15, -0.1) is 10.2 Å². The molecular formula is C5H3IN4O. The Morgan fingerprint density at radius 2 is 2.36 bits per heavy atom. The largest absolute Gasteiger partial charge is 0.316 e. The van der Waals surface area contributed by atoms with Gasteiger partial charge in [0.1, 0.15) is 9.64 Å². The molecule has 0 aliphatic carbocycles. The molecular weight excluding hydrogens is 259 g/mol. The van der Waals surface area contributed by atoms with Gasteiger partial charge in [-0.2, -0.15) is 0 Å². The quantitative estimate of drug-likeness (QED) is 0.610. The molecule has 11 heavy (non-hydrogen) atoms. The van der Waals surface area contributed by atoms with Gasteiger partial charge in [-0.3, -0.25) is 4.79 Å². The molecule has 56 valence electrons. The molecule has 0 saturated heterocycles. The Balaban J connectivity index is 2.42. The number of nitrogens with zero attached hydrogens (tertiary/aromatic N) is 3. The van der Waals surface area contributed by atoms with Crippen molar-refractivity contribution in [1.29, 1.82) is 0 Å². The van der Waals surface area contributed by atoms with Crippen molar-refractivity contribution in [2.45, 2.75) is 0 Å². The third-order valence-electron chi connectivity index (χ3n) is 1.41. The first-order valence-electron chi connectivity index (χ1n) is 2.93. The van der Waals surface area contributed by atoms with Gasteiger partial charge in [0.2, 0.25) is 5.91 Å². The van der Waals surface area contributed by atoms with Gasteiger partial charge < -0.3 is 5.32 Å². The summed E-state index contributed by atoms with van der Waals surface area (Å²) >= 11 is 1.98. The highest BCUT2D eigenvalue weighted by Crippen LogP contribution is 2.18. The van der Waals surface area contributed by atoms with E-state index in [4.69, 9.17) is 0 Å². The Hall–Kier alpha value is -0.790. The van der Waals surface area contributed by atoms with Crippen molar-refractivity contribution in [3.8, 4) is 0 Å². The second kappa shape index (κ2) is 2.36. The van der Waals surface area contributed by atoms with Crippen molar-refractivity contribution < 1.29 is 4.79 Å². The minimum Gasteiger partial charge on any atom is -0.316 e. The second-order valence-corrected chi connectivity index (χ2v) is 3.19. The molecule has 0 spiro atoms. The van der Waals surface area contributed by atoms with Crippen LogP contribution in [0.5, 0.6) is 0 Å². The number of amides is 1. The Morgan fingerprint density at radius 3 is 3.09 bits per heavy atom. The lowest BCUT2D eigenvalue weighted by Gasteiger charge is -2.11. The van der Waals surface area contributed by atoms with E-state index in [0.717, 1.165) is 0 Å². The van der Waals surface area contributed by atoms with Gasteiger partial charge in [0, 0.05) is 0 Å². The summed E-state index contributed by atoms with van der Waals surface area (Å²) in [6.45, 7) is 0. The molecule has 2 rings (SSSR count). The van der Waals surface area contributed by atoms with Crippen LogP contribution in [0.1, 0.15) is 0 Å². The van der Waals surface area contributed by atoms with Crippen molar-refractivity contribution >= 4 is 44.4 Å². The third-order valence-corrected chi connectivity index (χ3v) is 2.25. The lowest BCUT2D eigenvalue weighted by Crippen LogP contribution is -2.39. The smallest absolute Gasteiger partial charge is 0.242 e. The fourth-order valence-corrected chi connectivity index (χ4v) is 1.56. The van der Waals surface area contributed by atoms with E-state index in [-0.39, 0.29) is 11.8 Å². The van der Waals surface area contributed by atoms with Crippen molar-refractivity contribution in [2.75, 3.05) is 0 Å². The summed E-state index contributed by atoms with van der Waals surface area (Å²) in [6.07, 6.45) is 1.34. The average Bonchev–Trinajstić information content (AvgIpc) is 2.34. The van der Waals surface area contributed by atoms with Crippen molar-refractivity contribution in [1.82, 2.24) is 5.32 Å². The molecule has 1 N–H and O–H groups in total. The summed E-state index contributed by atoms with van der Waals surface area (Å²) in [7, 11) is 0.